The maximum Gasteiger partial charge on any atom is 0.148 e. The van der Waals surface area contributed by atoms with Gasteiger partial charge in [-0.2, -0.15) is 0 Å². The van der Waals surface area contributed by atoms with Gasteiger partial charge in [0, 0.05) is 5.25 Å². The van der Waals surface area contributed by atoms with Crippen LogP contribution in [-0.4, -0.2) is 34.4 Å². The summed E-state index contributed by atoms with van der Waals surface area (Å²) >= 11 is 1.98. The molecule has 3 unspecified atom stereocenters. The van der Waals surface area contributed by atoms with E-state index in [1.54, 1.807) is 6.92 Å². The average Bonchev–Trinajstić information content (AvgIpc) is 2.44. The lowest BCUT2D eigenvalue weighted by Crippen LogP contribution is -2.43. The van der Waals surface area contributed by atoms with Gasteiger partial charge in [0.05, 0.1) is 11.4 Å². The Labute approximate surface area is 71.3 Å². The third kappa shape index (κ3) is 1.02. The number of nitrogens with zero attached hydrogens (tertiary/aromatic N) is 1. The number of thioether (sulfide) groups is 1. The van der Waals surface area contributed by atoms with Crippen molar-refractivity contribution in [3.63, 3.8) is 0 Å². The summed E-state index contributed by atoms with van der Waals surface area (Å²) in [5, 5.41) is 1.23. The molecule has 62 valence electrons. The average molecular weight is 171 g/mol. The number of fused-ring (bicyclic) bond motifs is 2. The number of likely N-dealkylation sites (N-methyl/N-ethyl adjacent to an activating group) is 1. The number of piperidine rings is 1. The molecule has 3 atom stereocenters. The molecule has 0 aliphatic carbocycles. The number of hydrogen-bond donors (Lipinski definition) is 0. The minimum absolute atomic E-state index is 0.221. The van der Waals surface area contributed by atoms with Gasteiger partial charge in [0.25, 0.3) is 0 Å². The summed E-state index contributed by atoms with van der Waals surface area (Å²) in [6, 6.07) is 0.221. The highest BCUT2D eigenvalue weighted by molar-refractivity contribution is 8.01. The minimum atomic E-state index is 0.221. The molecule has 2 saturated heterocycles. The zero-order chi connectivity index (χ0) is 8.01. The first-order valence-electron chi connectivity index (χ1n) is 4.08. The molecule has 2 aliphatic rings. The summed E-state index contributed by atoms with van der Waals surface area (Å²) in [7, 11) is 2.07. The van der Waals surface area contributed by atoms with Crippen LogP contribution >= 0.6 is 11.8 Å². The second kappa shape index (κ2) is 2.49. The highest BCUT2D eigenvalue weighted by atomic mass is 32.2. The summed E-state index contributed by atoms with van der Waals surface area (Å²) in [5.74, 6) is 0.340. The molecule has 3 heteroatoms. The molecule has 0 spiro atoms. The van der Waals surface area contributed by atoms with E-state index in [0.29, 0.717) is 16.4 Å². The first kappa shape index (κ1) is 7.62. The standard InChI is InChI=1S/C8H13NOS/c1-5(10)8-6-3-4-7(11-6)9(8)2/h6-8H,3-4H2,1-2H3. The Kier molecular flexibility index (Phi) is 1.72. The maximum absolute atomic E-state index is 11.2. The van der Waals surface area contributed by atoms with Gasteiger partial charge < -0.3 is 0 Å². The summed E-state index contributed by atoms with van der Waals surface area (Å²) in [4.78, 5) is 13.4. The molecule has 0 aromatic carbocycles. The first-order valence-corrected chi connectivity index (χ1v) is 5.02. The van der Waals surface area contributed by atoms with Crippen molar-refractivity contribution >= 4 is 17.5 Å². The molecular formula is C8H13NOS. The van der Waals surface area contributed by atoms with E-state index in [4.69, 9.17) is 0 Å². The quantitative estimate of drug-likeness (QED) is 0.589. The van der Waals surface area contributed by atoms with Crippen LogP contribution in [0, 0.1) is 0 Å². The normalized spacial score (nSPS) is 43.3. The molecule has 0 amide bonds. The minimum Gasteiger partial charge on any atom is -0.298 e. The lowest BCUT2D eigenvalue weighted by molar-refractivity contribution is -0.122. The largest absolute Gasteiger partial charge is 0.298 e. The second-order valence-corrected chi connectivity index (χ2v) is 4.85. The highest BCUT2D eigenvalue weighted by Crippen LogP contribution is 2.46. The number of hydrogen-bond acceptors (Lipinski definition) is 3. The van der Waals surface area contributed by atoms with Crippen LogP contribution in [-0.2, 0) is 4.79 Å². The van der Waals surface area contributed by atoms with Crippen LogP contribution in [0.4, 0.5) is 0 Å². The SMILES string of the molecule is CC(=O)C1C2CCC(S2)N1C. The molecule has 2 rings (SSSR count). The predicted molar refractivity (Wildman–Crippen MR) is 46.6 cm³/mol. The van der Waals surface area contributed by atoms with Gasteiger partial charge in [-0.05, 0) is 26.8 Å². The lowest BCUT2D eigenvalue weighted by atomic mass is 10.0. The van der Waals surface area contributed by atoms with Gasteiger partial charge in [-0.3, -0.25) is 9.69 Å². The van der Waals surface area contributed by atoms with Crippen molar-refractivity contribution in [2.45, 2.75) is 36.4 Å². The molecule has 11 heavy (non-hydrogen) atoms. The number of rotatable bonds is 1. The third-order valence-electron chi connectivity index (χ3n) is 2.69. The van der Waals surface area contributed by atoms with Crippen molar-refractivity contribution in [2.75, 3.05) is 7.05 Å². The van der Waals surface area contributed by atoms with Crippen LogP contribution in [0.25, 0.3) is 0 Å². The van der Waals surface area contributed by atoms with Gasteiger partial charge >= 0.3 is 0 Å². The molecular weight excluding hydrogens is 158 g/mol. The summed E-state index contributed by atoms with van der Waals surface area (Å²) < 4.78 is 0. The number of carbonyl (C=O) groups is 1. The van der Waals surface area contributed by atoms with Crippen molar-refractivity contribution in [1.82, 2.24) is 4.90 Å². The van der Waals surface area contributed by atoms with Crippen LogP contribution in [0.5, 0.6) is 0 Å². The number of ketones is 1. The molecule has 2 aliphatic heterocycles. The van der Waals surface area contributed by atoms with Crippen LogP contribution in [0.1, 0.15) is 19.8 Å². The van der Waals surface area contributed by atoms with Crippen LogP contribution < -0.4 is 0 Å². The van der Waals surface area contributed by atoms with Gasteiger partial charge in [-0.1, -0.05) is 0 Å². The molecule has 2 fully saturated rings. The Morgan fingerprint density at radius 2 is 2.27 bits per heavy atom. The first-order chi connectivity index (χ1) is 5.20. The zero-order valence-corrected chi connectivity index (χ0v) is 7.73. The van der Waals surface area contributed by atoms with Crippen LogP contribution in [0.15, 0.2) is 0 Å². The van der Waals surface area contributed by atoms with Crippen LogP contribution in [0.3, 0.4) is 0 Å². The van der Waals surface area contributed by atoms with E-state index >= 15 is 0 Å². The Morgan fingerprint density at radius 1 is 1.55 bits per heavy atom. The highest BCUT2D eigenvalue weighted by Gasteiger charge is 2.46. The van der Waals surface area contributed by atoms with Crippen molar-refractivity contribution in [1.29, 1.82) is 0 Å². The number of carbonyl (C=O) groups excluding carboxylic acids is 1. The van der Waals surface area contributed by atoms with Crippen molar-refractivity contribution < 1.29 is 4.79 Å². The van der Waals surface area contributed by atoms with E-state index in [1.165, 1.54) is 12.8 Å². The molecule has 0 N–H and O–H groups in total. The Balaban J connectivity index is 2.17. The van der Waals surface area contributed by atoms with E-state index in [1.807, 2.05) is 11.8 Å². The van der Waals surface area contributed by atoms with Gasteiger partial charge in [0.15, 0.2) is 0 Å². The maximum atomic E-state index is 11.2. The van der Waals surface area contributed by atoms with E-state index in [0.717, 1.165) is 0 Å². The Hall–Kier alpha value is -0.0200. The molecule has 0 aromatic rings. The summed E-state index contributed by atoms with van der Waals surface area (Å²) in [5.41, 5.74) is 0. The Morgan fingerprint density at radius 3 is 2.64 bits per heavy atom. The van der Waals surface area contributed by atoms with Gasteiger partial charge in [-0.25, -0.2) is 0 Å². The van der Waals surface area contributed by atoms with E-state index < -0.39 is 0 Å². The fourth-order valence-corrected chi connectivity index (χ4v) is 3.97. The van der Waals surface area contributed by atoms with E-state index in [2.05, 4.69) is 11.9 Å². The second-order valence-electron chi connectivity index (χ2n) is 3.43. The number of likely N-dealkylation sites (tertiary alicyclic amines) is 1. The molecule has 2 nitrogen and oxygen atoms in total. The molecule has 0 radical (unpaired) electrons. The third-order valence-corrected chi connectivity index (χ3v) is 4.42. The fraction of sp³-hybridized carbons (Fsp3) is 0.875. The fourth-order valence-electron chi connectivity index (χ4n) is 2.17. The monoisotopic (exact) mass is 171 g/mol. The van der Waals surface area contributed by atoms with Crippen molar-refractivity contribution in [3.05, 3.63) is 0 Å². The smallest absolute Gasteiger partial charge is 0.148 e. The van der Waals surface area contributed by atoms with Gasteiger partial charge in [0.1, 0.15) is 5.78 Å². The molecule has 2 bridgehead atoms. The topological polar surface area (TPSA) is 20.3 Å². The molecule has 0 saturated carbocycles. The summed E-state index contributed by atoms with van der Waals surface area (Å²) in [6.45, 7) is 1.71. The van der Waals surface area contributed by atoms with Crippen molar-refractivity contribution in [3.8, 4) is 0 Å². The number of Topliss-reactive ketones (excluding diaryl/α,β-unsaturated/α-hetero) is 1. The Bertz CT molecular complexity index is 193. The van der Waals surface area contributed by atoms with Gasteiger partial charge in [0.2, 0.25) is 0 Å². The molecule has 2 heterocycles. The summed E-state index contributed by atoms with van der Waals surface area (Å²) in [6.07, 6.45) is 2.51. The van der Waals surface area contributed by atoms with E-state index in [9.17, 15) is 4.79 Å². The van der Waals surface area contributed by atoms with E-state index in [-0.39, 0.29) is 6.04 Å². The van der Waals surface area contributed by atoms with Gasteiger partial charge in [-0.15, -0.1) is 11.8 Å². The molecule has 0 aromatic heterocycles. The van der Waals surface area contributed by atoms with Crippen molar-refractivity contribution in [2.24, 2.45) is 0 Å². The zero-order valence-electron chi connectivity index (χ0n) is 6.91. The predicted octanol–water partition coefficient (Wildman–Crippen LogP) is 1.11. The lowest BCUT2D eigenvalue weighted by Gasteiger charge is -2.28. The van der Waals surface area contributed by atoms with Crippen LogP contribution in [0.2, 0.25) is 0 Å².